The van der Waals surface area contributed by atoms with Gasteiger partial charge in [0.2, 0.25) is 18.6 Å². The number of fused-ring (bicyclic) bond motifs is 1. The molecule has 2 aromatic carbocycles. The van der Waals surface area contributed by atoms with Crippen LogP contribution in [0.4, 0.5) is 0 Å². The molecular formula is C21H19ClN2O5S. The molecule has 9 heteroatoms. The van der Waals surface area contributed by atoms with Crippen molar-refractivity contribution >= 4 is 28.3 Å². The van der Waals surface area contributed by atoms with Crippen molar-refractivity contribution in [2.24, 2.45) is 0 Å². The highest BCUT2D eigenvalue weighted by Crippen LogP contribution is 2.32. The topological polar surface area (TPSA) is 90.7 Å². The van der Waals surface area contributed by atoms with Crippen molar-refractivity contribution < 1.29 is 22.9 Å². The zero-order valence-electron chi connectivity index (χ0n) is 16.1. The maximum Gasteiger partial charge on any atom is 0.232 e. The molecule has 156 valence electrons. The molecule has 0 radical (unpaired) electrons. The lowest BCUT2D eigenvalue weighted by atomic mass is 10.2. The van der Waals surface area contributed by atoms with E-state index in [-0.39, 0.29) is 24.2 Å². The van der Waals surface area contributed by atoms with Crippen molar-refractivity contribution in [2.75, 3.05) is 12.5 Å². The Kier molecular flexibility index (Phi) is 6.06. The first-order valence-electron chi connectivity index (χ1n) is 9.21. The third-order valence-corrected chi connectivity index (χ3v) is 6.02. The van der Waals surface area contributed by atoms with Gasteiger partial charge in [0.15, 0.2) is 11.5 Å². The fraction of sp³-hybridized carbons (Fsp3) is 0.238. The Labute approximate surface area is 180 Å². The number of oxazole rings is 1. The summed E-state index contributed by atoms with van der Waals surface area (Å²) in [6.45, 7) is 2.26. The maximum absolute atomic E-state index is 12.5. The van der Waals surface area contributed by atoms with E-state index in [4.69, 9.17) is 25.5 Å². The van der Waals surface area contributed by atoms with Gasteiger partial charge in [-0.15, -0.1) is 0 Å². The number of hydrogen-bond acceptors (Lipinski definition) is 6. The summed E-state index contributed by atoms with van der Waals surface area (Å²) >= 11 is 6.18. The molecule has 3 aromatic rings. The van der Waals surface area contributed by atoms with Crippen LogP contribution in [-0.4, -0.2) is 27.6 Å². The molecule has 4 rings (SSSR count). The minimum Gasteiger partial charge on any atom is -0.454 e. The van der Waals surface area contributed by atoms with Gasteiger partial charge in [-0.3, -0.25) is 9.00 Å². The average molecular weight is 447 g/mol. The van der Waals surface area contributed by atoms with Crippen LogP contribution < -0.4 is 14.8 Å². The van der Waals surface area contributed by atoms with Crippen LogP contribution in [0.2, 0.25) is 5.02 Å². The largest absolute Gasteiger partial charge is 0.454 e. The van der Waals surface area contributed by atoms with Crippen molar-refractivity contribution in [3.8, 4) is 23.0 Å². The highest BCUT2D eigenvalue weighted by molar-refractivity contribution is 7.84. The number of carbonyl (C=O) groups is 1. The van der Waals surface area contributed by atoms with Crippen LogP contribution in [0.3, 0.4) is 0 Å². The van der Waals surface area contributed by atoms with E-state index < -0.39 is 10.8 Å². The number of aromatic nitrogens is 1. The van der Waals surface area contributed by atoms with E-state index in [0.717, 1.165) is 5.56 Å². The summed E-state index contributed by atoms with van der Waals surface area (Å²) in [6.07, 6.45) is 0. The minimum absolute atomic E-state index is 0.122. The first kappa shape index (κ1) is 20.4. The number of rotatable bonds is 7. The van der Waals surface area contributed by atoms with E-state index in [9.17, 15) is 9.00 Å². The molecule has 1 aliphatic heterocycles. The summed E-state index contributed by atoms with van der Waals surface area (Å²) in [6, 6.07) is 12.7. The molecule has 30 heavy (non-hydrogen) atoms. The lowest BCUT2D eigenvalue weighted by molar-refractivity contribution is -0.118. The van der Waals surface area contributed by atoms with Crippen molar-refractivity contribution in [1.29, 1.82) is 0 Å². The molecule has 1 amide bonds. The van der Waals surface area contributed by atoms with Crippen LogP contribution in [0.15, 0.2) is 46.9 Å². The predicted octanol–water partition coefficient (Wildman–Crippen LogP) is 3.60. The van der Waals surface area contributed by atoms with Crippen LogP contribution in [0, 0.1) is 6.92 Å². The van der Waals surface area contributed by atoms with E-state index in [1.165, 1.54) is 0 Å². The summed E-state index contributed by atoms with van der Waals surface area (Å²) in [5, 5.41) is 3.29. The molecule has 0 saturated heterocycles. The fourth-order valence-corrected chi connectivity index (χ4v) is 4.25. The summed E-state index contributed by atoms with van der Waals surface area (Å²) in [5.41, 5.74) is 2.09. The highest BCUT2D eigenvalue weighted by Gasteiger charge is 2.18. The number of amides is 1. The third-order valence-electron chi connectivity index (χ3n) is 4.51. The first-order chi connectivity index (χ1) is 14.5. The van der Waals surface area contributed by atoms with Crippen LogP contribution in [0.1, 0.15) is 17.0 Å². The Hall–Kier alpha value is -2.84. The van der Waals surface area contributed by atoms with Gasteiger partial charge in [0.05, 0.1) is 22.0 Å². The molecule has 0 unspecified atom stereocenters. The van der Waals surface area contributed by atoms with Crippen molar-refractivity contribution in [3.05, 3.63) is 64.5 Å². The van der Waals surface area contributed by atoms with Crippen LogP contribution in [-0.2, 0) is 27.9 Å². The quantitative estimate of drug-likeness (QED) is 0.596. The molecule has 1 atom stereocenters. The van der Waals surface area contributed by atoms with E-state index in [1.54, 1.807) is 25.1 Å². The SMILES string of the molecule is Cc1oc(-c2ccccc2Cl)nc1C[S@@](=O)CC(=O)NCc1ccc2c(c1)OCO2. The molecule has 0 saturated carbocycles. The molecule has 2 heterocycles. The van der Waals surface area contributed by atoms with Gasteiger partial charge in [0, 0.05) is 17.3 Å². The number of halogens is 1. The van der Waals surface area contributed by atoms with Gasteiger partial charge in [0.1, 0.15) is 11.5 Å². The molecule has 1 aliphatic rings. The van der Waals surface area contributed by atoms with Gasteiger partial charge in [-0.1, -0.05) is 29.8 Å². The molecule has 0 fully saturated rings. The van der Waals surface area contributed by atoms with Crippen LogP contribution in [0.25, 0.3) is 11.5 Å². The zero-order chi connectivity index (χ0) is 21.1. The number of benzene rings is 2. The second-order valence-corrected chi connectivity index (χ2v) is 8.56. The van der Waals surface area contributed by atoms with Gasteiger partial charge in [-0.2, -0.15) is 0 Å². The van der Waals surface area contributed by atoms with E-state index in [2.05, 4.69) is 10.3 Å². The lowest BCUT2D eigenvalue weighted by Crippen LogP contribution is -2.28. The number of nitrogens with one attached hydrogen (secondary N) is 1. The normalized spacial score (nSPS) is 13.3. The summed E-state index contributed by atoms with van der Waals surface area (Å²) in [5.74, 6) is 1.96. The molecule has 7 nitrogen and oxygen atoms in total. The molecular weight excluding hydrogens is 428 g/mol. The minimum atomic E-state index is -1.43. The number of aryl methyl sites for hydroxylation is 1. The number of nitrogens with zero attached hydrogens (tertiary/aromatic N) is 1. The van der Waals surface area contributed by atoms with Gasteiger partial charge in [-0.05, 0) is 36.8 Å². The first-order valence-corrected chi connectivity index (χ1v) is 11.1. The molecule has 0 aliphatic carbocycles. The van der Waals surface area contributed by atoms with Crippen molar-refractivity contribution in [2.45, 2.75) is 19.2 Å². The third kappa shape index (κ3) is 4.66. The Balaban J connectivity index is 1.32. The van der Waals surface area contributed by atoms with Gasteiger partial charge >= 0.3 is 0 Å². The molecule has 0 spiro atoms. The lowest BCUT2D eigenvalue weighted by Gasteiger charge is -2.06. The van der Waals surface area contributed by atoms with Crippen molar-refractivity contribution in [3.63, 3.8) is 0 Å². The molecule has 1 N–H and O–H groups in total. The second-order valence-electron chi connectivity index (χ2n) is 6.69. The Morgan fingerprint density at radius 3 is 2.83 bits per heavy atom. The standard InChI is InChI=1S/C21H19ClN2O5S/c1-13-17(24-21(29-13)15-4-2-3-5-16(15)22)10-30(26)11-20(25)23-9-14-6-7-18-19(8-14)28-12-27-18/h2-8H,9-12H2,1H3,(H,23,25)/t30-/m1/s1. The van der Waals surface area contributed by atoms with Gasteiger partial charge in [-0.25, -0.2) is 4.98 Å². The van der Waals surface area contributed by atoms with Crippen LogP contribution in [0.5, 0.6) is 11.5 Å². The van der Waals surface area contributed by atoms with Crippen LogP contribution >= 0.6 is 11.6 Å². The second kappa shape index (κ2) is 8.89. The monoisotopic (exact) mass is 446 g/mol. The van der Waals surface area contributed by atoms with E-state index in [0.29, 0.717) is 46.0 Å². The smallest absolute Gasteiger partial charge is 0.232 e. The number of carbonyl (C=O) groups excluding carboxylic acids is 1. The Bertz CT molecular complexity index is 1110. The summed E-state index contributed by atoms with van der Waals surface area (Å²) in [4.78, 5) is 16.6. The fourth-order valence-electron chi connectivity index (χ4n) is 2.96. The molecule has 1 aromatic heterocycles. The predicted molar refractivity (Wildman–Crippen MR) is 113 cm³/mol. The van der Waals surface area contributed by atoms with Gasteiger partial charge < -0.3 is 19.2 Å². The Morgan fingerprint density at radius 2 is 2.00 bits per heavy atom. The maximum atomic E-state index is 12.5. The molecule has 0 bridgehead atoms. The van der Waals surface area contributed by atoms with E-state index in [1.807, 2.05) is 24.3 Å². The number of hydrogen-bond donors (Lipinski definition) is 1. The summed E-state index contributed by atoms with van der Waals surface area (Å²) < 4.78 is 28.7. The number of ether oxygens (including phenoxy) is 2. The highest BCUT2D eigenvalue weighted by atomic mass is 35.5. The van der Waals surface area contributed by atoms with Gasteiger partial charge in [0.25, 0.3) is 0 Å². The Morgan fingerprint density at radius 1 is 1.20 bits per heavy atom. The summed E-state index contributed by atoms with van der Waals surface area (Å²) in [7, 11) is -1.43. The zero-order valence-corrected chi connectivity index (χ0v) is 17.7. The van der Waals surface area contributed by atoms with Crippen molar-refractivity contribution in [1.82, 2.24) is 10.3 Å². The van der Waals surface area contributed by atoms with E-state index >= 15 is 0 Å². The average Bonchev–Trinajstić information content (AvgIpc) is 3.33.